The van der Waals surface area contributed by atoms with Crippen molar-refractivity contribution in [2.24, 2.45) is 0 Å². The molecule has 0 atom stereocenters. The summed E-state index contributed by atoms with van der Waals surface area (Å²) in [7, 11) is 0. The van der Waals surface area contributed by atoms with E-state index in [4.69, 9.17) is 34.8 Å². The lowest BCUT2D eigenvalue weighted by Gasteiger charge is -2.00. The number of halogens is 3. The molecule has 5 heteroatoms. The molecule has 0 heterocycles. The van der Waals surface area contributed by atoms with Gasteiger partial charge in [-0.15, -0.1) is 0 Å². The third-order valence-corrected chi connectivity index (χ3v) is 2.05. The van der Waals surface area contributed by atoms with Gasteiger partial charge in [-0.25, -0.2) is 0 Å². The van der Waals surface area contributed by atoms with Crippen LogP contribution in [0.2, 0.25) is 5.02 Å². The highest BCUT2D eigenvalue weighted by atomic mass is 35.5. The van der Waals surface area contributed by atoms with Gasteiger partial charge in [0.15, 0.2) is 0 Å². The highest BCUT2D eigenvalue weighted by Gasteiger charge is 2.13. The van der Waals surface area contributed by atoms with Gasteiger partial charge < -0.3 is 0 Å². The van der Waals surface area contributed by atoms with Crippen molar-refractivity contribution in [3.63, 3.8) is 0 Å². The van der Waals surface area contributed by atoms with Gasteiger partial charge in [0.05, 0.1) is 0 Å². The van der Waals surface area contributed by atoms with Crippen LogP contribution in [0.15, 0.2) is 18.2 Å². The average Bonchev–Trinajstić information content (AvgIpc) is 2.03. The third-order valence-electron chi connectivity index (χ3n) is 1.41. The van der Waals surface area contributed by atoms with Crippen LogP contribution in [-0.4, -0.2) is 10.5 Å². The minimum absolute atomic E-state index is 0.0224. The second-order valence-corrected chi connectivity index (χ2v) is 3.36. The highest BCUT2D eigenvalue weighted by molar-refractivity contribution is 6.72. The molecule has 1 aromatic carbocycles. The standard InChI is InChI=1S/C8H3Cl3O2/c9-4-1-2-5(7(10)12)6(3-4)8(11)13/h1-3H. The van der Waals surface area contributed by atoms with Crippen molar-refractivity contribution in [1.82, 2.24) is 0 Å². The van der Waals surface area contributed by atoms with E-state index in [0.717, 1.165) is 0 Å². The maximum Gasteiger partial charge on any atom is 0.253 e. The Labute approximate surface area is 89.4 Å². The van der Waals surface area contributed by atoms with Gasteiger partial charge in [-0.1, -0.05) is 11.6 Å². The fourth-order valence-electron chi connectivity index (χ4n) is 0.850. The van der Waals surface area contributed by atoms with Crippen LogP contribution in [0.25, 0.3) is 0 Å². The zero-order valence-corrected chi connectivity index (χ0v) is 8.45. The molecule has 0 saturated heterocycles. The summed E-state index contributed by atoms with van der Waals surface area (Å²) >= 11 is 16.0. The van der Waals surface area contributed by atoms with E-state index in [9.17, 15) is 9.59 Å². The lowest BCUT2D eigenvalue weighted by Crippen LogP contribution is -2.00. The molecule has 0 amide bonds. The van der Waals surface area contributed by atoms with Crippen molar-refractivity contribution in [2.75, 3.05) is 0 Å². The van der Waals surface area contributed by atoms with E-state index < -0.39 is 10.5 Å². The Kier molecular flexibility index (Phi) is 3.31. The summed E-state index contributed by atoms with van der Waals surface area (Å²) < 4.78 is 0. The van der Waals surface area contributed by atoms with E-state index in [1.807, 2.05) is 0 Å². The largest absolute Gasteiger partial charge is 0.276 e. The van der Waals surface area contributed by atoms with Crippen LogP contribution in [0.1, 0.15) is 20.7 Å². The summed E-state index contributed by atoms with van der Waals surface area (Å²) in [6.07, 6.45) is 0. The topological polar surface area (TPSA) is 34.1 Å². The maximum atomic E-state index is 10.8. The van der Waals surface area contributed by atoms with Crippen LogP contribution in [0.5, 0.6) is 0 Å². The van der Waals surface area contributed by atoms with Crippen molar-refractivity contribution in [1.29, 1.82) is 0 Å². The van der Waals surface area contributed by atoms with Gasteiger partial charge in [0.1, 0.15) is 0 Å². The van der Waals surface area contributed by atoms with Gasteiger partial charge in [0.2, 0.25) is 0 Å². The van der Waals surface area contributed by atoms with Crippen LogP contribution < -0.4 is 0 Å². The molecule has 1 aromatic rings. The number of hydrogen-bond donors (Lipinski definition) is 0. The number of benzene rings is 1. The molecule has 0 spiro atoms. The second kappa shape index (κ2) is 4.09. The number of carbonyl (C=O) groups is 2. The molecule has 13 heavy (non-hydrogen) atoms. The van der Waals surface area contributed by atoms with Gasteiger partial charge in [0, 0.05) is 16.1 Å². The predicted molar refractivity (Wildman–Crippen MR) is 51.8 cm³/mol. The Bertz CT molecular complexity index is 374. The Balaban J connectivity index is 3.35. The lowest BCUT2D eigenvalue weighted by molar-refractivity contribution is 0.105. The van der Waals surface area contributed by atoms with Crippen LogP contribution in [0, 0.1) is 0 Å². The van der Waals surface area contributed by atoms with Crippen molar-refractivity contribution < 1.29 is 9.59 Å². The minimum Gasteiger partial charge on any atom is -0.276 e. The van der Waals surface area contributed by atoms with E-state index >= 15 is 0 Å². The zero-order valence-electron chi connectivity index (χ0n) is 6.18. The number of hydrogen-bond acceptors (Lipinski definition) is 2. The molecule has 1 rings (SSSR count). The minimum atomic E-state index is -0.758. The Morgan fingerprint density at radius 2 is 1.54 bits per heavy atom. The highest BCUT2D eigenvalue weighted by Crippen LogP contribution is 2.19. The molecule has 68 valence electrons. The summed E-state index contributed by atoms with van der Waals surface area (Å²) in [6.45, 7) is 0. The van der Waals surface area contributed by atoms with Crippen molar-refractivity contribution in [2.45, 2.75) is 0 Å². The fraction of sp³-hybridized carbons (Fsp3) is 0. The first kappa shape index (κ1) is 10.5. The molecule has 0 bridgehead atoms. The van der Waals surface area contributed by atoms with Gasteiger partial charge in [-0.05, 0) is 41.4 Å². The molecular weight excluding hydrogens is 234 g/mol. The van der Waals surface area contributed by atoms with E-state index in [1.165, 1.54) is 18.2 Å². The van der Waals surface area contributed by atoms with Gasteiger partial charge in [-0.3, -0.25) is 9.59 Å². The normalized spacial score (nSPS) is 9.77. The molecule has 0 N–H and O–H groups in total. The van der Waals surface area contributed by atoms with Crippen molar-refractivity contribution >= 4 is 45.3 Å². The molecule has 0 aliphatic carbocycles. The van der Waals surface area contributed by atoms with Crippen LogP contribution in [-0.2, 0) is 0 Å². The Morgan fingerprint density at radius 3 is 2.00 bits per heavy atom. The zero-order chi connectivity index (χ0) is 10.0. The molecule has 0 fully saturated rings. The van der Waals surface area contributed by atoms with E-state index in [0.29, 0.717) is 5.02 Å². The summed E-state index contributed by atoms with van der Waals surface area (Å²) in [4.78, 5) is 21.6. The molecule has 0 aliphatic rings. The molecule has 0 aliphatic heterocycles. The van der Waals surface area contributed by atoms with E-state index in [2.05, 4.69) is 0 Å². The van der Waals surface area contributed by atoms with Crippen molar-refractivity contribution in [3.8, 4) is 0 Å². The molecular formula is C8H3Cl3O2. The predicted octanol–water partition coefficient (Wildman–Crippen LogP) is 3.10. The van der Waals surface area contributed by atoms with Gasteiger partial charge in [-0.2, -0.15) is 0 Å². The first-order chi connectivity index (χ1) is 6.02. The molecule has 0 aromatic heterocycles. The number of rotatable bonds is 2. The summed E-state index contributed by atoms with van der Waals surface area (Å²) in [5, 5.41) is -1.17. The van der Waals surface area contributed by atoms with Crippen LogP contribution >= 0.6 is 34.8 Å². The summed E-state index contributed by atoms with van der Waals surface area (Å²) in [6, 6.07) is 4.11. The molecule has 0 saturated carbocycles. The third kappa shape index (κ3) is 2.44. The first-order valence-corrected chi connectivity index (χ1v) is 4.35. The quantitative estimate of drug-likeness (QED) is 0.741. The van der Waals surface area contributed by atoms with Crippen LogP contribution in [0.4, 0.5) is 0 Å². The monoisotopic (exact) mass is 236 g/mol. The number of carbonyl (C=O) groups excluding carboxylic acids is 2. The lowest BCUT2D eigenvalue weighted by atomic mass is 10.1. The van der Waals surface area contributed by atoms with Gasteiger partial charge in [0.25, 0.3) is 10.5 Å². The Hall–Kier alpha value is -0.570. The fourth-order valence-corrected chi connectivity index (χ4v) is 1.34. The second-order valence-electron chi connectivity index (χ2n) is 2.24. The molecule has 2 nitrogen and oxygen atoms in total. The summed E-state index contributed by atoms with van der Waals surface area (Å²) in [5.41, 5.74) is 0.0835. The van der Waals surface area contributed by atoms with E-state index in [1.54, 1.807) is 0 Å². The SMILES string of the molecule is O=C(Cl)c1ccc(Cl)cc1C(=O)Cl. The summed E-state index contributed by atoms with van der Waals surface area (Å²) in [5.74, 6) is 0. The van der Waals surface area contributed by atoms with Crippen molar-refractivity contribution in [3.05, 3.63) is 34.3 Å². The van der Waals surface area contributed by atoms with Crippen LogP contribution in [0.3, 0.4) is 0 Å². The smallest absolute Gasteiger partial charge is 0.253 e. The Morgan fingerprint density at radius 1 is 1.00 bits per heavy atom. The maximum absolute atomic E-state index is 10.8. The van der Waals surface area contributed by atoms with E-state index in [-0.39, 0.29) is 11.1 Å². The first-order valence-electron chi connectivity index (χ1n) is 3.21. The van der Waals surface area contributed by atoms with Gasteiger partial charge >= 0.3 is 0 Å². The molecule has 0 radical (unpaired) electrons. The average molecular weight is 237 g/mol. The molecule has 0 unspecified atom stereocenters.